The second-order valence-corrected chi connectivity index (χ2v) is 8.93. The van der Waals surface area contributed by atoms with Gasteiger partial charge in [-0.1, -0.05) is 50.1 Å². The third-order valence-corrected chi connectivity index (χ3v) is 7.17. The summed E-state index contributed by atoms with van der Waals surface area (Å²) in [5, 5.41) is 0. The van der Waals surface area contributed by atoms with Crippen molar-refractivity contribution < 1.29 is 22.3 Å². The quantitative estimate of drug-likeness (QED) is 0.454. The summed E-state index contributed by atoms with van der Waals surface area (Å²) in [6.07, 6.45) is 4.28. The summed E-state index contributed by atoms with van der Waals surface area (Å²) in [5.41, 5.74) is 2.64. The first kappa shape index (κ1) is 21.2. The largest absolute Gasteiger partial charge is 0.573 e. The van der Waals surface area contributed by atoms with Gasteiger partial charge in [0.15, 0.2) is 11.6 Å². The topological polar surface area (TPSA) is 9.23 Å². The summed E-state index contributed by atoms with van der Waals surface area (Å²) >= 11 is 0. The van der Waals surface area contributed by atoms with Crippen molar-refractivity contribution in [2.75, 3.05) is 0 Å². The second kappa shape index (κ2) is 8.60. The van der Waals surface area contributed by atoms with E-state index >= 15 is 0 Å². The normalized spacial score (nSPS) is 26.8. The van der Waals surface area contributed by atoms with Crippen molar-refractivity contribution in [1.82, 2.24) is 0 Å². The van der Waals surface area contributed by atoms with E-state index in [1.807, 2.05) is 12.1 Å². The SMILES string of the molecule is CCC1CC[C@@H]2C[C@H](c3ccc(-c4ccc(OC(F)(F)F)c(F)c4)cc3)CC[C@@H]2C1. The number of alkyl halides is 3. The minimum absolute atomic E-state index is 0.537. The number of hydrogen-bond donors (Lipinski definition) is 0. The summed E-state index contributed by atoms with van der Waals surface area (Å²) < 4.78 is 54.7. The molecule has 0 aliphatic heterocycles. The molecule has 2 saturated carbocycles. The number of ether oxygens (including phenoxy) is 1. The Bertz CT molecular complexity index is 858. The number of fused-ring (bicyclic) bond motifs is 1. The molecule has 1 nitrogen and oxygen atoms in total. The van der Waals surface area contributed by atoms with E-state index in [-0.39, 0.29) is 0 Å². The van der Waals surface area contributed by atoms with Gasteiger partial charge in [0.1, 0.15) is 0 Å². The fourth-order valence-corrected chi connectivity index (χ4v) is 5.50. The number of halogens is 4. The first-order valence-corrected chi connectivity index (χ1v) is 11.0. The van der Waals surface area contributed by atoms with Gasteiger partial charge in [0.2, 0.25) is 0 Å². The standard InChI is InChI=1S/C25H28F4O/c1-2-16-3-4-21-14-20(10-9-19(21)13-16)17-5-7-18(8-6-17)22-11-12-24(23(26)15-22)30-25(27,28)29/h5-8,11-12,15-16,19-21H,2-4,9-10,13-14H2,1H3/t16?,19-,20-,21-/m1/s1. The van der Waals surface area contributed by atoms with Crippen LogP contribution in [-0.2, 0) is 0 Å². The van der Waals surface area contributed by atoms with E-state index in [9.17, 15) is 17.6 Å². The maximum atomic E-state index is 14.0. The van der Waals surface area contributed by atoms with Crippen LogP contribution in [0.4, 0.5) is 17.6 Å². The monoisotopic (exact) mass is 420 g/mol. The van der Waals surface area contributed by atoms with E-state index in [2.05, 4.69) is 23.8 Å². The molecule has 162 valence electrons. The second-order valence-electron chi connectivity index (χ2n) is 8.93. The van der Waals surface area contributed by atoms with Gasteiger partial charge in [-0.25, -0.2) is 4.39 Å². The van der Waals surface area contributed by atoms with E-state index < -0.39 is 17.9 Å². The molecule has 5 heteroatoms. The van der Waals surface area contributed by atoms with Crippen molar-refractivity contribution >= 4 is 0 Å². The van der Waals surface area contributed by atoms with Crippen molar-refractivity contribution in [3.63, 3.8) is 0 Å². The van der Waals surface area contributed by atoms with Crippen LogP contribution in [0.15, 0.2) is 42.5 Å². The summed E-state index contributed by atoms with van der Waals surface area (Å²) in [6.45, 7) is 2.31. The molecule has 2 fully saturated rings. The Morgan fingerprint density at radius 1 is 0.867 bits per heavy atom. The van der Waals surface area contributed by atoms with Gasteiger partial charge < -0.3 is 4.74 Å². The number of hydrogen-bond acceptors (Lipinski definition) is 1. The molecule has 0 N–H and O–H groups in total. The Labute approximate surface area is 175 Å². The maximum Gasteiger partial charge on any atom is 0.573 e. The summed E-state index contributed by atoms with van der Waals surface area (Å²) in [7, 11) is 0. The first-order valence-electron chi connectivity index (χ1n) is 11.0. The van der Waals surface area contributed by atoms with Gasteiger partial charge in [0.25, 0.3) is 0 Å². The van der Waals surface area contributed by atoms with Gasteiger partial charge in [-0.2, -0.15) is 0 Å². The van der Waals surface area contributed by atoms with Gasteiger partial charge >= 0.3 is 6.36 Å². The zero-order chi connectivity index (χ0) is 21.3. The lowest BCUT2D eigenvalue weighted by Crippen LogP contribution is -2.30. The molecule has 2 aliphatic rings. The summed E-state index contributed by atoms with van der Waals surface area (Å²) in [4.78, 5) is 0. The van der Waals surface area contributed by atoms with E-state index in [0.717, 1.165) is 35.4 Å². The fourth-order valence-electron chi connectivity index (χ4n) is 5.50. The van der Waals surface area contributed by atoms with Gasteiger partial charge in [0.05, 0.1) is 0 Å². The van der Waals surface area contributed by atoms with Crippen LogP contribution in [0.3, 0.4) is 0 Å². The van der Waals surface area contributed by atoms with Crippen molar-refractivity contribution in [2.45, 2.75) is 64.1 Å². The van der Waals surface area contributed by atoms with Crippen LogP contribution >= 0.6 is 0 Å². The van der Waals surface area contributed by atoms with E-state index in [4.69, 9.17) is 0 Å². The van der Waals surface area contributed by atoms with Gasteiger partial charge in [-0.3, -0.25) is 0 Å². The first-order chi connectivity index (χ1) is 14.3. The van der Waals surface area contributed by atoms with Crippen LogP contribution in [0.1, 0.15) is 63.4 Å². The van der Waals surface area contributed by atoms with Crippen molar-refractivity contribution in [1.29, 1.82) is 0 Å². The molecular formula is C25H28F4O. The third kappa shape index (κ3) is 4.81. The lowest BCUT2D eigenvalue weighted by Gasteiger charge is -2.42. The Balaban J connectivity index is 1.43. The number of benzene rings is 2. The molecule has 0 amide bonds. The van der Waals surface area contributed by atoms with Crippen LogP contribution in [0.5, 0.6) is 5.75 Å². The molecule has 0 radical (unpaired) electrons. The smallest absolute Gasteiger partial charge is 0.403 e. The molecule has 2 aliphatic carbocycles. The molecule has 0 heterocycles. The average Bonchev–Trinajstić information content (AvgIpc) is 2.73. The van der Waals surface area contributed by atoms with Gasteiger partial charge in [0, 0.05) is 0 Å². The molecule has 1 unspecified atom stereocenters. The molecule has 0 aromatic heterocycles. The van der Waals surface area contributed by atoms with E-state index in [1.54, 1.807) is 0 Å². The minimum atomic E-state index is -4.90. The highest BCUT2D eigenvalue weighted by Gasteiger charge is 2.35. The zero-order valence-corrected chi connectivity index (χ0v) is 17.2. The fraction of sp³-hybridized carbons (Fsp3) is 0.520. The van der Waals surface area contributed by atoms with E-state index in [1.165, 1.54) is 56.6 Å². The molecule has 30 heavy (non-hydrogen) atoms. The Kier molecular flexibility index (Phi) is 6.08. The maximum absolute atomic E-state index is 14.0. The summed E-state index contributed by atoms with van der Waals surface area (Å²) in [6, 6.07) is 11.6. The Morgan fingerprint density at radius 3 is 2.20 bits per heavy atom. The molecule has 2 aromatic carbocycles. The molecule has 4 rings (SSSR count). The van der Waals surface area contributed by atoms with Crippen LogP contribution in [-0.4, -0.2) is 6.36 Å². The third-order valence-electron chi connectivity index (χ3n) is 7.17. The van der Waals surface area contributed by atoms with Gasteiger partial charge in [-0.15, -0.1) is 13.2 Å². The average molecular weight is 420 g/mol. The summed E-state index contributed by atoms with van der Waals surface area (Å²) in [5.74, 6) is 1.38. The Morgan fingerprint density at radius 2 is 1.53 bits per heavy atom. The number of rotatable bonds is 4. The molecular weight excluding hydrogens is 392 g/mol. The molecule has 4 atom stereocenters. The predicted octanol–water partition coefficient (Wildman–Crippen LogP) is 8.10. The lowest BCUT2D eigenvalue weighted by molar-refractivity contribution is -0.275. The molecule has 2 aromatic rings. The minimum Gasteiger partial charge on any atom is -0.403 e. The van der Waals surface area contributed by atoms with Crippen LogP contribution in [0, 0.1) is 23.6 Å². The molecule has 0 bridgehead atoms. The van der Waals surface area contributed by atoms with Crippen LogP contribution in [0.25, 0.3) is 11.1 Å². The van der Waals surface area contributed by atoms with Gasteiger partial charge in [-0.05, 0) is 84.6 Å². The highest BCUT2D eigenvalue weighted by Crippen LogP contribution is 2.48. The Hall–Kier alpha value is -2.04. The van der Waals surface area contributed by atoms with Crippen LogP contribution in [0.2, 0.25) is 0 Å². The van der Waals surface area contributed by atoms with Crippen LogP contribution < -0.4 is 4.74 Å². The highest BCUT2D eigenvalue weighted by molar-refractivity contribution is 5.64. The van der Waals surface area contributed by atoms with E-state index in [0.29, 0.717) is 11.5 Å². The highest BCUT2D eigenvalue weighted by atomic mass is 19.4. The van der Waals surface area contributed by atoms with Crippen molar-refractivity contribution in [2.24, 2.45) is 17.8 Å². The lowest BCUT2D eigenvalue weighted by atomic mass is 9.63. The van der Waals surface area contributed by atoms with Crippen molar-refractivity contribution in [3.8, 4) is 16.9 Å². The molecule has 0 saturated heterocycles. The molecule has 0 spiro atoms. The zero-order valence-electron chi connectivity index (χ0n) is 17.2. The predicted molar refractivity (Wildman–Crippen MR) is 110 cm³/mol. The van der Waals surface area contributed by atoms with Crippen molar-refractivity contribution in [3.05, 3.63) is 53.8 Å².